The number of carbonyl (C=O) groups excluding carboxylic acids is 1. The van der Waals surface area contributed by atoms with Gasteiger partial charge in [0.2, 0.25) is 0 Å². The highest BCUT2D eigenvalue weighted by Crippen LogP contribution is 2.28. The molecule has 3 N–H and O–H groups in total. The molecule has 7 heteroatoms. The maximum atomic E-state index is 12.4. The van der Waals surface area contributed by atoms with Crippen LogP contribution in [0, 0.1) is 5.41 Å². The number of amides is 1. The molecule has 0 aliphatic heterocycles. The molecule has 0 fully saturated rings. The van der Waals surface area contributed by atoms with Crippen molar-refractivity contribution in [2.24, 2.45) is 0 Å². The molecule has 0 atom stereocenters. The first-order chi connectivity index (χ1) is 12.1. The van der Waals surface area contributed by atoms with Gasteiger partial charge in [-0.3, -0.25) is 15.2 Å². The molecule has 1 aromatic carbocycles. The van der Waals surface area contributed by atoms with Gasteiger partial charge in [0, 0.05) is 23.5 Å². The van der Waals surface area contributed by atoms with Gasteiger partial charge in [0.25, 0.3) is 5.91 Å². The molecule has 0 unspecified atom stereocenters. The number of amidine groups is 1. The van der Waals surface area contributed by atoms with Gasteiger partial charge in [-0.15, -0.1) is 0 Å². The Morgan fingerprint density at radius 2 is 1.84 bits per heavy atom. The summed E-state index contributed by atoms with van der Waals surface area (Å²) in [6.45, 7) is 4.47. The van der Waals surface area contributed by atoms with Crippen LogP contribution in [0.4, 0.5) is 0 Å². The third kappa shape index (κ3) is 4.77. The molecule has 7 nitrogen and oxygen atoms in total. The molecular formula is C18H21N3O4. The van der Waals surface area contributed by atoms with Crippen LogP contribution in [0.15, 0.2) is 36.7 Å². The lowest BCUT2D eigenvalue weighted by molar-refractivity contribution is 0.0976. The van der Waals surface area contributed by atoms with E-state index >= 15 is 0 Å². The van der Waals surface area contributed by atoms with E-state index in [9.17, 15) is 4.79 Å². The van der Waals surface area contributed by atoms with Gasteiger partial charge < -0.3 is 19.9 Å². The average Bonchev–Trinajstić information content (AvgIpc) is 2.63. The summed E-state index contributed by atoms with van der Waals surface area (Å²) >= 11 is 0. The standard InChI is InChI=1S/C18H21N3O4/c1-3-24-15-6-5-13(8-16(15)25-4-2)18(23)21-17(19)14-7-12(11-22)9-20-10-14/h5-10,22H,3-4,11H2,1-2H3,(H2,19,21,23). The van der Waals surface area contributed by atoms with Crippen molar-refractivity contribution in [3.05, 3.63) is 53.3 Å². The minimum atomic E-state index is -0.441. The van der Waals surface area contributed by atoms with Crippen LogP contribution in [0.5, 0.6) is 11.5 Å². The van der Waals surface area contributed by atoms with Gasteiger partial charge >= 0.3 is 0 Å². The molecule has 0 saturated carbocycles. The second-order valence-corrected chi connectivity index (χ2v) is 5.10. The van der Waals surface area contributed by atoms with Crippen LogP contribution in [0.1, 0.15) is 35.3 Å². The highest BCUT2D eigenvalue weighted by Gasteiger charge is 2.14. The summed E-state index contributed by atoms with van der Waals surface area (Å²) in [4.78, 5) is 16.3. The van der Waals surface area contributed by atoms with Crippen molar-refractivity contribution >= 4 is 11.7 Å². The number of rotatable bonds is 7. The van der Waals surface area contributed by atoms with Gasteiger partial charge in [-0.25, -0.2) is 0 Å². The second kappa shape index (κ2) is 8.79. The SMILES string of the molecule is CCOc1ccc(C(=O)NC(=N)c2cncc(CO)c2)cc1OCC. The van der Waals surface area contributed by atoms with E-state index in [-0.39, 0.29) is 12.4 Å². The van der Waals surface area contributed by atoms with Crippen molar-refractivity contribution < 1.29 is 19.4 Å². The van der Waals surface area contributed by atoms with Crippen molar-refractivity contribution in [2.75, 3.05) is 13.2 Å². The summed E-state index contributed by atoms with van der Waals surface area (Å²) in [5.41, 5.74) is 1.33. The lowest BCUT2D eigenvalue weighted by Crippen LogP contribution is -2.30. The van der Waals surface area contributed by atoms with E-state index in [1.54, 1.807) is 24.3 Å². The number of nitrogens with zero attached hydrogens (tertiary/aromatic N) is 1. The Bertz CT molecular complexity index is 762. The number of benzene rings is 1. The van der Waals surface area contributed by atoms with Gasteiger partial charge in [0.1, 0.15) is 5.84 Å². The number of nitrogens with one attached hydrogen (secondary N) is 2. The van der Waals surface area contributed by atoms with Crippen molar-refractivity contribution in [3.63, 3.8) is 0 Å². The predicted octanol–water partition coefficient (Wildman–Crippen LogP) is 2.13. The molecule has 2 aromatic rings. The Hall–Kier alpha value is -2.93. The van der Waals surface area contributed by atoms with Crippen molar-refractivity contribution in [1.29, 1.82) is 5.41 Å². The molecule has 0 spiro atoms. The zero-order valence-corrected chi connectivity index (χ0v) is 14.2. The largest absolute Gasteiger partial charge is 0.490 e. The lowest BCUT2D eigenvalue weighted by atomic mass is 10.1. The summed E-state index contributed by atoms with van der Waals surface area (Å²) in [6.07, 6.45) is 2.95. The number of aromatic nitrogens is 1. The third-order valence-electron chi connectivity index (χ3n) is 3.31. The average molecular weight is 343 g/mol. The third-order valence-corrected chi connectivity index (χ3v) is 3.31. The molecule has 1 amide bonds. The summed E-state index contributed by atoms with van der Waals surface area (Å²) in [5.74, 6) is 0.506. The van der Waals surface area contributed by atoms with Gasteiger partial charge in [-0.2, -0.15) is 0 Å². The molecule has 132 valence electrons. The minimum absolute atomic E-state index is 0.0976. The first-order valence-electron chi connectivity index (χ1n) is 7.93. The number of carbonyl (C=O) groups is 1. The number of hydrogen-bond donors (Lipinski definition) is 3. The van der Waals surface area contributed by atoms with Gasteiger partial charge in [0.05, 0.1) is 19.8 Å². The van der Waals surface area contributed by atoms with E-state index in [4.69, 9.17) is 20.0 Å². The van der Waals surface area contributed by atoms with Gasteiger partial charge in [0.15, 0.2) is 11.5 Å². The summed E-state index contributed by atoms with van der Waals surface area (Å²) in [5, 5.41) is 19.7. The molecule has 1 heterocycles. The van der Waals surface area contributed by atoms with Crippen LogP contribution < -0.4 is 14.8 Å². The topological polar surface area (TPSA) is 105 Å². The molecule has 0 aliphatic rings. The summed E-state index contributed by atoms with van der Waals surface area (Å²) < 4.78 is 11.0. The van der Waals surface area contributed by atoms with Crippen LogP contribution in [0.3, 0.4) is 0 Å². The van der Waals surface area contributed by atoms with E-state index in [1.807, 2.05) is 13.8 Å². The van der Waals surface area contributed by atoms with Crippen molar-refractivity contribution in [2.45, 2.75) is 20.5 Å². The molecule has 0 saturated heterocycles. The normalized spacial score (nSPS) is 10.2. The van der Waals surface area contributed by atoms with E-state index in [1.165, 1.54) is 12.4 Å². The monoisotopic (exact) mass is 343 g/mol. The number of aliphatic hydroxyl groups is 1. The van der Waals surface area contributed by atoms with E-state index in [0.717, 1.165) is 0 Å². The predicted molar refractivity (Wildman–Crippen MR) is 93.2 cm³/mol. The minimum Gasteiger partial charge on any atom is -0.490 e. The van der Waals surface area contributed by atoms with Crippen LogP contribution in [0.2, 0.25) is 0 Å². The smallest absolute Gasteiger partial charge is 0.256 e. The molecule has 1 aromatic heterocycles. The maximum Gasteiger partial charge on any atom is 0.256 e. The van der Waals surface area contributed by atoms with E-state index in [2.05, 4.69) is 10.3 Å². The summed E-state index contributed by atoms with van der Waals surface area (Å²) in [6, 6.07) is 6.46. The second-order valence-electron chi connectivity index (χ2n) is 5.10. The fraction of sp³-hybridized carbons (Fsp3) is 0.278. The molecule has 0 aliphatic carbocycles. The van der Waals surface area contributed by atoms with Gasteiger partial charge in [-0.1, -0.05) is 0 Å². The Morgan fingerprint density at radius 3 is 2.52 bits per heavy atom. The Labute approximate surface area is 146 Å². The zero-order valence-electron chi connectivity index (χ0n) is 14.2. The fourth-order valence-corrected chi connectivity index (χ4v) is 2.16. The van der Waals surface area contributed by atoms with Gasteiger partial charge in [-0.05, 0) is 43.7 Å². The van der Waals surface area contributed by atoms with Crippen molar-refractivity contribution in [1.82, 2.24) is 10.3 Å². The van der Waals surface area contributed by atoms with E-state index < -0.39 is 5.91 Å². The number of aliphatic hydroxyl groups excluding tert-OH is 1. The molecule has 25 heavy (non-hydrogen) atoms. The Morgan fingerprint density at radius 1 is 1.12 bits per heavy atom. The maximum absolute atomic E-state index is 12.4. The van der Waals surface area contributed by atoms with Crippen LogP contribution >= 0.6 is 0 Å². The number of pyridine rings is 1. The summed E-state index contributed by atoms with van der Waals surface area (Å²) in [7, 11) is 0. The quantitative estimate of drug-likeness (QED) is 0.528. The van der Waals surface area contributed by atoms with Crippen LogP contribution in [-0.4, -0.2) is 35.0 Å². The zero-order chi connectivity index (χ0) is 18.2. The number of hydrogen-bond acceptors (Lipinski definition) is 6. The Balaban J connectivity index is 2.16. The van der Waals surface area contributed by atoms with E-state index in [0.29, 0.717) is 41.4 Å². The Kier molecular flexibility index (Phi) is 6.47. The first kappa shape index (κ1) is 18.4. The van der Waals surface area contributed by atoms with Crippen molar-refractivity contribution in [3.8, 4) is 11.5 Å². The molecule has 0 radical (unpaired) electrons. The molecular weight excluding hydrogens is 322 g/mol. The van der Waals surface area contributed by atoms with Crippen LogP contribution in [0.25, 0.3) is 0 Å². The lowest BCUT2D eigenvalue weighted by Gasteiger charge is -2.13. The fourth-order valence-electron chi connectivity index (χ4n) is 2.16. The number of ether oxygens (including phenoxy) is 2. The highest BCUT2D eigenvalue weighted by molar-refractivity contribution is 6.11. The first-order valence-corrected chi connectivity index (χ1v) is 7.93. The van der Waals surface area contributed by atoms with Crippen LogP contribution in [-0.2, 0) is 6.61 Å². The highest BCUT2D eigenvalue weighted by atomic mass is 16.5. The molecule has 2 rings (SSSR count). The molecule has 0 bridgehead atoms.